The molecular weight excluding hydrogens is 204 g/mol. The van der Waals surface area contributed by atoms with Crippen LogP contribution in [0.5, 0.6) is 0 Å². The van der Waals surface area contributed by atoms with Crippen molar-refractivity contribution in [3.63, 3.8) is 0 Å². The summed E-state index contributed by atoms with van der Waals surface area (Å²) in [6.45, 7) is 2.37. The van der Waals surface area contributed by atoms with Crippen molar-refractivity contribution in [2.24, 2.45) is 13.0 Å². The number of aliphatic hydroxyl groups is 1. The average Bonchev–Trinajstić information content (AvgIpc) is 2.96. The summed E-state index contributed by atoms with van der Waals surface area (Å²) in [5, 5.41) is 14.9. The highest BCUT2D eigenvalue weighted by atomic mass is 16.5. The number of methoxy groups -OCH3 is 1. The van der Waals surface area contributed by atoms with Gasteiger partial charge in [-0.2, -0.15) is 5.10 Å². The third-order valence-corrected chi connectivity index (χ3v) is 3.32. The van der Waals surface area contributed by atoms with Gasteiger partial charge < -0.3 is 9.84 Å². The lowest BCUT2D eigenvalue weighted by molar-refractivity contribution is -0.0485. The second-order valence-electron chi connectivity index (χ2n) is 4.89. The van der Waals surface area contributed by atoms with Crippen LogP contribution in [0.25, 0.3) is 0 Å². The van der Waals surface area contributed by atoms with E-state index in [4.69, 9.17) is 4.74 Å². The molecule has 1 saturated carbocycles. The van der Waals surface area contributed by atoms with Crippen molar-refractivity contribution in [2.45, 2.75) is 31.8 Å². The molecular formula is C12H20N2O2. The predicted molar refractivity (Wildman–Crippen MR) is 61.2 cm³/mol. The minimum Gasteiger partial charge on any atom is -0.387 e. The van der Waals surface area contributed by atoms with Gasteiger partial charge in [0, 0.05) is 26.3 Å². The maximum atomic E-state index is 10.6. The SMILES string of the molecule is COCC(O)(Cc1cc(C)nn1C)C1CC1. The maximum absolute atomic E-state index is 10.6. The third-order valence-electron chi connectivity index (χ3n) is 3.32. The molecule has 4 heteroatoms. The molecule has 0 bridgehead atoms. The molecule has 1 unspecified atom stereocenters. The molecule has 1 aromatic heterocycles. The van der Waals surface area contributed by atoms with Crippen LogP contribution in [0, 0.1) is 12.8 Å². The van der Waals surface area contributed by atoms with Gasteiger partial charge in [0.2, 0.25) is 0 Å². The van der Waals surface area contributed by atoms with Gasteiger partial charge in [-0.25, -0.2) is 0 Å². The zero-order chi connectivity index (χ0) is 11.8. The number of hydrogen-bond donors (Lipinski definition) is 1. The van der Waals surface area contributed by atoms with E-state index in [1.165, 1.54) is 0 Å². The highest BCUT2D eigenvalue weighted by Gasteiger charge is 2.44. The molecule has 0 saturated heterocycles. The monoisotopic (exact) mass is 224 g/mol. The Morgan fingerprint density at radius 2 is 2.31 bits per heavy atom. The zero-order valence-corrected chi connectivity index (χ0v) is 10.2. The summed E-state index contributed by atoms with van der Waals surface area (Å²) in [7, 11) is 3.56. The lowest BCUT2D eigenvalue weighted by Gasteiger charge is -2.27. The number of aryl methyl sites for hydroxylation is 2. The summed E-state index contributed by atoms with van der Waals surface area (Å²) in [4.78, 5) is 0. The molecule has 0 aliphatic heterocycles. The van der Waals surface area contributed by atoms with Gasteiger partial charge in [0.1, 0.15) is 0 Å². The minimum atomic E-state index is -0.713. The second-order valence-corrected chi connectivity index (χ2v) is 4.89. The van der Waals surface area contributed by atoms with Gasteiger partial charge in [-0.1, -0.05) is 0 Å². The van der Waals surface area contributed by atoms with Crippen LogP contribution in [-0.4, -0.2) is 34.2 Å². The van der Waals surface area contributed by atoms with Crippen LogP contribution in [0.1, 0.15) is 24.2 Å². The second kappa shape index (κ2) is 4.18. The summed E-state index contributed by atoms with van der Waals surface area (Å²) in [5.41, 5.74) is 1.35. The first-order chi connectivity index (χ1) is 7.55. The number of aromatic nitrogens is 2. The third kappa shape index (κ3) is 2.28. The van der Waals surface area contributed by atoms with E-state index in [2.05, 4.69) is 5.10 Å². The van der Waals surface area contributed by atoms with E-state index in [0.717, 1.165) is 24.2 Å². The number of ether oxygens (including phenoxy) is 1. The van der Waals surface area contributed by atoms with Gasteiger partial charge in [0.05, 0.1) is 17.9 Å². The van der Waals surface area contributed by atoms with Crippen LogP contribution in [0.15, 0.2) is 6.07 Å². The number of rotatable bonds is 5. The summed E-state index contributed by atoms with van der Waals surface area (Å²) in [6, 6.07) is 2.03. The van der Waals surface area contributed by atoms with Crippen LogP contribution in [-0.2, 0) is 18.2 Å². The highest BCUT2D eigenvalue weighted by molar-refractivity contribution is 5.13. The normalized spacial score (nSPS) is 19.8. The van der Waals surface area contributed by atoms with Crippen molar-refractivity contribution in [2.75, 3.05) is 13.7 Å². The molecule has 0 aromatic carbocycles. The molecule has 16 heavy (non-hydrogen) atoms. The van der Waals surface area contributed by atoms with Crippen molar-refractivity contribution in [1.82, 2.24) is 9.78 Å². The largest absolute Gasteiger partial charge is 0.387 e. The van der Waals surface area contributed by atoms with Crippen LogP contribution in [0.2, 0.25) is 0 Å². The summed E-state index contributed by atoms with van der Waals surface area (Å²) in [5.74, 6) is 0.391. The van der Waals surface area contributed by atoms with Gasteiger partial charge in [0.25, 0.3) is 0 Å². The molecule has 1 aromatic rings. The summed E-state index contributed by atoms with van der Waals surface area (Å²) in [6.07, 6.45) is 2.84. The molecule has 1 atom stereocenters. The van der Waals surface area contributed by atoms with E-state index >= 15 is 0 Å². The quantitative estimate of drug-likeness (QED) is 0.813. The molecule has 1 N–H and O–H groups in total. The first kappa shape index (κ1) is 11.6. The molecule has 0 radical (unpaired) electrons. The first-order valence-corrected chi connectivity index (χ1v) is 5.76. The first-order valence-electron chi connectivity index (χ1n) is 5.76. The van der Waals surface area contributed by atoms with Crippen molar-refractivity contribution in [1.29, 1.82) is 0 Å². The molecule has 1 aliphatic rings. The highest BCUT2D eigenvalue weighted by Crippen LogP contribution is 2.41. The Bertz CT molecular complexity index is 371. The Hall–Kier alpha value is -0.870. The van der Waals surface area contributed by atoms with E-state index in [1.807, 2.05) is 24.7 Å². The van der Waals surface area contributed by atoms with Crippen LogP contribution in [0.4, 0.5) is 0 Å². The lowest BCUT2D eigenvalue weighted by Crippen LogP contribution is -2.39. The predicted octanol–water partition coefficient (Wildman–Crippen LogP) is 1.06. The van der Waals surface area contributed by atoms with Crippen molar-refractivity contribution < 1.29 is 9.84 Å². The molecule has 1 aliphatic carbocycles. The molecule has 90 valence electrons. The van der Waals surface area contributed by atoms with Crippen LogP contribution >= 0.6 is 0 Å². The smallest absolute Gasteiger partial charge is 0.0962 e. The Labute approximate surface area is 96.2 Å². The lowest BCUT2D eigenvalue weighted by atomic mass is 9.93. The Balaban J connectivity index is 2.13. The minimum absolute atomic E-state index is 0.391. The van der Waals surface area contributed by atoms with E-state index in [-0.39, 0.29) is 0 Å². The zero-order valence-electron chi connectivity index (χ0n) is 10.2. The van der Waals surface area contributed by atoms with Gasteiger partial charge in [-0.15, -0.1) is 0 Å². The van der Waals surface area contributed by atoms with Crippen molar-refractivity contribution in [3.05, 3.63) is 17.5 Å². The molecule has 1 fully saturated rings. The van der Waals surface area contributed by atoms with Gasteiger partial charge in [0.15, 0.2) is 0 Å². The van der Waals surface area contributed by atoms with E-state index in [1.54, 1.807) is 7.11 Å². The topological polar surface area (TPSA) is 47.3 Å². The fourth-order valence-corrected chi connectivity index (χ4v) is 2.33. The fourth-order valence-electron chi connectivity index (χ4n) is 2.33. The summed E-state index contributed by atoms with van der Waals surface area (Å²) < 4.78 is 6.99. The number of nitrogens with zero attached hydrogens (tertiary/aromatic N) is 2. The van der Waals surface area contributed by atoms with Gasteiger partial charge in [-0.05, 0) is 31.7 Å². The van der Waals surface area contributed by atoms with Gasteiger partial charge in [-0.3, -0.25) is 4.68 Å². The maximum Gasteiger partial charge on any atom is 0.0962 e. The molecule has 1 heterocycles. The standard InChI is InChI=1S/C12H20N2O2/c1-9-6-11(14(2)13-9)7-12(15,8-16-3)10-4-5-10/h6,10,15H,4-5,7-8H2,1-3H3. The fraction of sp³-hybridized carbons (Fsp3) is 0.750. The Morgan fingerprint density at radius 3 is 2.75 bits per heavy atom. The number of hydrogen-bond acceptors (Lipinski definition) is 3. The Morgan fingerprint density at radius 1 is 1.62 bits per heavy atom. The molecule has 2 rings (SSSR count). The molecule has 0 spiro atoms. The van der Waals surface area contributed by atoms with Crippen molar-refractivity contribution >= 4 is 0 Å². The average molecular weight is 224 g/mol. The van der Waals surface area contributed by atoms with Gasteiger partial charge >= 0.3 is 0 Å². The van der Waals surface area contributed by atoms with Crippen LogP contribution in [0.3, 0.4) is 0 Å². The van der Waals surface area contributed by atoms with Crippen molar-refractivity contribution in [3.8, 4) is 0 Å². The molecule has 4 nitrogen and oxygen atoms in total. The van der Waals surface area contributed by atoms with Crippen LogP contribution < -0.4 is 0 Å². The Kier molecular flexibility index (Phi) is 3.04. The molecule has 0 amide bonds. The van der Waals surface area contributed by atoms with E-state index in [0.29, 0.717) is 18.9 Å². The van der Waals surface area contributed by atoms with E-state index < -0.39 is 5.60 Å². The summed E-state index contributed by atoms with van der Waals surface area (Å²) >= 11 is 0. The van der Waals surface area contributed by atoms with E-state index in [9.17, 15) is 5.11 Å².